The van der Waals surface area contributed by atoms with Crippen molar-refractivity contribution in [3.8, 4) is 0 Å². The van der Waals surface area contributed by atoms with Crippen molar-refractivity contribution >= 4 is 8.32 Å². The summed E-state index contributed by atoms with van der Waals surface area (Å²) in [7, 11) is -1.34. The fraction of sp³-hybridized carbons (Fsp3) is 1.00. The normalized spacial score (nSPS) is 13.6. The second-order valence-corrected chi connectivity index (χ2v) is 11.8. The molecule has 0 radical (unpaired) electrons. The van der Waals surface area contributed by atoms with Crippen LogP contribution in [0.3, 0.4) is 0 Å². The average Bonchev–Trinajstić information content (AvgIpc) is 2.44. The van der Waals surface area contributed by atoms with Gasteiger partial charge in [0, 0.05) is 6.10 Å². The van der Waals surface area contributed by atoms with Gasteiger partial charge in [0.15, 0.2) is 8.32 Å². The molecule has 0 saturated heterocycles. The Morgan fingerprint density at radius 3 is 1.57 bits per heavy atom. The molecule has 0 fully saturated rings. The van der Waals surface area contributed by atoms with E-state index in [1.807, 2.05) is 0 Å². The fourth-order valence-electron chi connectivity index (χ4n) is 2.78. The zero-order valence-corrected chi connectivity index (χ0v) is 16.7. The molecule has 21 heavy (non-hydrogen) atoms. The van der Waals surface area contributed by atoms with E-state index in [1.54, 1.807) is 0 Å². The van der Waals surface area contributed by atoms with E-state index >= 15 is 0 Å². The highest BCUT2D eigenvalue weighted by molar-refractivity contribution is 6.71. The minimum atomic E-state index is -1.34. The molecular formula is C19H42OSi. The van der Waals surface area contributed by atoms with Crippen LogP contribution in [0.2, 0.25) is 19.1 Å². The Morgan fingerprint density at radius 1 is 0.714 bits per heavy atom. The molecule has 0 N–H and O–H groups in total. The highest BCUT2D eigenvalue weighted by Crippen LogP contribution is 2.17. The molecule has 0 saturated carbocycles. The first-order chi connectivity index (χ1) is 10.0. The second kappa shape index (κ2) is 13.8. The monoisotopic (exact) mass is 314 g/mol. The summed E-state index contributed by atoms with van der Waals surface area (Å²) in [4.78, 5) is 0. The molecule has 1 atom stereocenters. The van der Waals surface area contributed by atoms with Gasteiger partial charge in [-0.3, -0.25) is 0 Å². The molecule has 0 aliphatic rings. The van der Waals surface area contributed by atoms with Crippen molar-refractivity contribution in [2.24, 2.45) is 0 Å². The van der Waals surface area contributed by atoms with Crippen molar-refractivity contribution in [3.63, 3.8) is 0 Å². The SMILES string of the molecule is CCCCCCCCCCCCCC(C)O[Si](C)(C)CC. The van der Waals surface area contributed by atoms with E-state index in [2.05, 4.69) is 33.9 Å². The van der Waals surface area contributed by atoms with Gasteiger partial charge in [-0.25, -0.2) is 0 Å². The molecule has 0 aromatic carbocycles. The lowest BCUT2D eigenvalue weighted by Gasteiger charge is -2.26. The average molecular weight is 315 g/mol. The predicted octanol–water partition coefficient (Wildman–Crippen LogP) is 7.32. The van der Waals surface area contributed by atoms with Crippen molar-refractivity contribution in [2.75, 3.05) is 0 Å². The molecule has 2 heteroatoms. The Hall–Kier alpha value is 0.177. The topological polar surface area (TPSA) is 9.23 Å². The van der Waals surface area contributed by atoms with Gasteiger partial charge in [-0.05, 0) is 32.5 Å². The molecule has 0 spiro atoms. The maximum atomic E-state index is 6.22. The first-order valence-corrected chi connectivity index (χ1v) is 12.8. The summed E-state index contributed by atoms with van der Waals surface area (Å²) in [6.45, 7) is 11.5. The van der Waals surface area contributed by atoms with Crippen LogP contribution in [-0.4, -0.2) is 14.4 Å². The van der Waals surface area contributed by atoms with E-state index in [-0.39, 0.29) is 0 Å². The van der Waals surface area contributed by atoms with Crippen molar-refractivity contribution < 1.29 is 4.43 Å². The van der Waals surface area contributed by atoms with Crippen molar-refractivity contribution in [2.45, 2.75) is 123 Å². The van der Waals surface area contributed by atoms with Crippen LogP contribution in [0.25, 0.3) is 0 Å². The molecule has 0 aliphatic heterocycles. The van der Waals surface area contributed by atoms with Crippen LogP contribution in [-0.2, 0) is 4.43 Å². The molecule has 1 unspecified atom stereocenters. The van der Waals surface area contributed by atoms with Crippen LogP contribution in [0.5, 0.6) is 0 Å². The summed E-state index contributed by atoms with van der Waals surface area (Å²) in [6, 6.07) is 1.23. The predicted molar refractivity (Wildman–Crippen MR) is 99.6 cm³/mol. The van der Waals surface area contributed by atoms with Crippen LogP contribution < -0.4 is 0 Å². The maximum absolute atomic E-state index is 6.22. The van der Waals surface area contributed by atoms with Gasteiger partial charge >= 0.3 is 0 Å². The van der Waals surface area contributed by atoms with Gasteiger partial charge in [-0.2, -0.15) is 0 Å². The van der Waals surface area contributed by atoms with Crippen LogP contribution in [0.4, 0.5) is 0 Å². The van der Waals surface area contributed by atoms with Crippen molar-refractivity contribution in [1.29, 1.82) is 0 Å². The van der Waals surface area contributed by atoms with E-state index in [0.29, 0.717) is 6.10 Å². The third-order valence-electron chi connectivity index (χ3n) is 4.59. The summed E-state index contributed by atoms with van der Waals surface area (Å²) in [6.07, 6.45) is 17.4. The lowest BCUT2D eigenvalue weighted by atomic mass is 10.0. The van der Waals surface area contributed by atoms with Crippen LogP contribution in [0.15, 0.2) is 0 Å². The molecule has 0 aromatic rings. The van der Waals surface area contributed by atoms with E-state index in [0.717, 1.165) is 0 Å². The van der Waals surface area contributed by atoms with E-state index in [4.69, 9.17) is 4.43 Å². The molecule has 0 heterocycles. The Balaban J connectivity index is 3.25. The Morgan fingerprint density at radius 2 is 1.14 bits per heavy atom. The van der Waals surface area contributed by atoms with Crippen molar-refractivity contribution in [3.05, 3.63) is 0 Å². The van der Waals surface area contributed by atoms with Gasteiger partial charge in [0.05, 0.1) is 0 Å². The molecule has 128 valence electrons. The Kier molecular flexibility index (Phi) is 13.9. The Labute approximate surface area is 136 Å². The minimum Gasteiger partial charge on any atom is -0.415 e. The van der Waals surface area contributed by atoms with Crippen LogP contribution in [0, 0.1) is 0 Å². The number of hydrogen-bond acceptors (Lipinski definition) is 1. The lowest BCUT2D eigenvalue weighted by Crippen LogP contribution is -2.33. The summed E-state index contributed by atoms with van der Waals surface area (Å²) in [5.41, 5.74) is 0. The van der Waals surface area contributed by atoms with Crippen molar-refractivity contribution in [1.82, 2.24) is 0 Å². The van der Waals surface area contributed by atoms with E-state index in [1.165, 1.54) is 83.1 Å². The number of unbranched alkanes of at least 4 members (excludes halogenated alkanes) is 10. The van der Waals surface area contributed by atoms with E-state index in [9.17, 15) is 0 Å². The number of rotatable bonds is 15. The first kappa shape index (κ1) is 21.2. The molecule has 1 nitrogen and oxygen atoms in total. The molecule has 0 aliphatic carbocycles. The highest BCUT2D eigenvalue weighted by atomic mass is 28.4. The van der Waals surface area contributed by atoms with E-state index < -0.39 is 8.32 Å². The zero-order valence-electron chi connectivity index (χ0n) is 15.7. The molecule has 0 aromatic heterocycles. The molecule has 0 bridgehead atoms. The van der Waals surface area contributed by atoms with Crippen LogP contribution in [0.1, 0.15) is 97.8 Å². The molecule has 0 rings (SSSR count). The van der Waals surface area contributed by atoms with Gasteiger partial charge in [0.1, 0.15) is 0 Å². The lowest BCUT2D eigenvalue weighted by molar-refractivity contribution is 0.196. The van der Waals surface area contributed by atoms with Gasteiger partial charge in [-0.15, -0.1) is 0 Å². The molecular weight excluding hydrogens is 272 g/mol. The third-order valence-corrected chi connectivity index (χ3v) is 7.33. The van der Waals surface area contributed by atoms with Crippen LogP contribution >= 0.6 is 0 Å². The summed E-state index contributed by atoms with van der Waals surface area (Å²) in [5, 5.41) is 0. The summed E-state index contributed by atoms with van der Waals surface area (Å²) in [5.74, 6) is 0. The highest BCUT2D eigenvalue weighted by Gasteiger charge is 2.21. The molecule has 0 amide bonds. The second-order valence-electron chi connectivity index (χ2n) is 7.37. The quantitative estimate of drug-likeness (QED) is 0.227. The minimum absolute atomic E-state index is 0.477. The Bertz CT molecular complexity index is 216. The summed E-state index contributed by atoms with van der Waals surface area (Å²) >= 11 is 0. The van der Waals surface area contributed by atoms with Gasteiger partial charge in [0.2, 0.25) is 0 Å². The van der Waals surface area contributed by atoms with Gasteiger partial charge in [-0.1, -0.05) is 84.5 Å². The largest absolute Gasteiger partial charge is 0.415 e. The third kappa shape index (κ3) is 14.9. The zero-order chi connectivity index (χ0) is 16.0. The maximum Gasteiger partial charge on any atom is 0.186 e. The number of hydrogen-bond donors (Lipinski definition) is 0. The first-order valence-electron chi connectivity index (χ1n) is 9.69. The van der Waals surface area contributed by atoms with Gasteiger partial charge in [0.25, 0.3) is 0 Å². The summed E-state index contributed by atoms with van der Waals surface area (Å²) < 4.78 is 6.22. The van der Waals surface area contributed by atoms with Gasteiger partial charge < -0.3 is 4.43 Å². The smallest absolute Gasteiger partial charge is 0.186 e. The fourth-order valence-corrected chi connectivity index (χ4v) is 4.16. The standard InChI is InChI=1S/C19H42OSi/c1-6-8-9-10-11-12-13-14-15-16-17-18-19(3)20-21(4,5)7-2/h19H,6-18H2,1-5H3.